The summed E-state index contributed by atoms with van der Waals surface area (Å²) in [7, 11) is 0. The molecule has 0 aliphatic carbocycles. The molecule has 0 spiro atoms. The quantitative estimate of drug-likeness (QED) is 0.600. The van der Waals surface area contributed by atoms with Crippen LogP contribution in [0.25, 0.3) is 0 Å². The number of aliphatic hydroxyl groups is 1. The van der Waals surface area contributed by atoms with Gasteiger partial charge in [-0.25, -0.2) is 0 Å². The van der Waals surface area contributed by atoms with Gasteiger partial charge < -0.3 is 9.84 Å². The van der Waals surface area contributed by atoms with Crippen LogP contribution in [0.15, 0.2) is 0 Å². The number of hydrogen-bond donors (Lipinski definition) is 1. The standard InChI is InChI=1S/C8H18O2/c1-4-6-8(3,5-2)10-7-9/h9H,4-7H2,1-3H3. The molecule has 0 radical (unpaired) electrons. The summed E-state index contributed by atoms with van der Waals surface area (Å²) >= 11 is 0. The molecular weight excluding hydrogens is 128 g/mol. The lowest BCUT2D eigenvalue weighted by Crippen LogP contribution is -2.27. The molecule has 0 aromatic carbocycles. The first-order chi connectivity index (χ1) is 4.68. The van der Waals surface area contributed by atoms with Gasteiger partial charge in [-0.3, -0.25) is 0 Å². The highest BCUT2D eigenvalue weighted by Gasteiger charge is 2.20. The van der Waals surface area contributed by atoms with E-state index in [0.29, 0.717) is 0 Å². The molecule has 0 saturated carbocycles. The molecule has 2 heteroatoms. The van der Waals surface area contributed by atoms with Gasteiger partial charge in [-0.05, 0) is 19.8 Å². The van der Waals surface area contributed by atoms with Gasteiger partial charge >= 0.3 is 0 Å². The maximum atomic E-state index is 8.54. The van der Waals surface area contributed by atoms with Crippen molar-refractivity contribution in [3.63, 3.8) is 0 Å². The first-order valence-corrected chi connectivity index (χ1v) is 3.93. The lowest BCUT2D eigenvalue weighted by atomic mass is 9.97. The van der Waals surface area contributed by atoms with Crippen LogP contribution in [0.5, 0.6) is 0 Å². The maximum Gasteiger partial charge on any atom is 0.144 e. The van der Waals surface area contributed by atoms with Crippen LogP contribution in [0.1, 0.15) is 40.0 Å². The minimum Gasteiger partial charge on any atom is -0.371 e. The average molecular weight is 146 g/mol. The van der Waals surface area contributed by atoms with Gasteiger partial charge in [0.15, 0.2) is 0 Å². The first kappa shape index (κ1) is 9.92. The van der Waals surface area contributed by atoms with Crippen LogP contribution in [0.3, 0.4) is 0 Å². The van der Waals surface area contributed by atoms with E-state index >= 15 is 0 Å². The zero-order chi connectivity index (χ0) is 8.04. The van der Waals surface area contributed by atoms with Crippen LogP contribution in [0, 0.1) is 0 Å². The molecule has 10 heavy (non-hydrogen) atoms. The van der Waals surface area contributed by atoms with Crippen LogP contribution < -0.4 is 0 Å². The topological polar surface area (TPSA) is 29.5 Å². The van der Waals surface area contributed by atoms with E-state index in [9.17, 15) is 0 Å². The van der Waals surface area contributed by atoms with Crippen LogP contribution in [-0.4, -0.2) is 17.5 Å². The molecule has 0 bridgehead atoms. The summed E-state index contributed by atoms with van der Waals surface area (Å²) in [4.78, 5) is 0. The third kappa shape index (κ3) is 3.18. The summed E-state index contributed by atoms with van der Waals surface area (Å²) in [5.41, 5.74) is -0.108. The second-order valence-corrected chi connectivity index (χ2v) is 2.83. The molecular formula is C8H18O2. The predicted molar refractivity (Wildman–Crippen MR) is 41.8 cm³/mol. The van der Waals surface area contributed by atoms with Gasteiger partial charge in [-0.2, -0.15) is 0 Å². The fourth-order valence-corrected chi connectivity index (χ4v) is 1.04. The Bertz CT molecular complexity index is 75.3. The van der Waals surface area contributed by atoms with Crippen molar-refractivity contribution in [2.45, 2.75) is 45.6 Å². The molecule has 0 aliphatic heterocycles. The molecule has 0 saturated heterocycles. The Labute approximate surface area is 63.2 Å². The van der Waals surface area contributed by atoms with Crippen molar-refractivity contribution in [3.05, 3.63) is 0 Å². The second-order valence-electron chi connectivity index (χ2n) is 2.83. The summed E-state index contributed by atoms with van der Waals surface area (Å²) in [6.07, 6.45) is 3.08. The Hall–Kier alpha value is -0.0800. The molecule has 62 valence electrons. The predicted octanol–water partition coefficient (Wildman–Crippen LogP) is 1.92. The van der Waals surface area contributed by atoms with Gasteiger partial charge in [0.1, 0.15) is 6.79 Å². The van der Waals surface area contributed by atoms with Crippen molar-refractivity contribution >= 4 is 0 Å². The monoisotopic (exact) mass is 146 g/mol. The van der Waals surface area contributed by atoms with Crippen LogP contribution in [0.2, 0.25) is 0 Å². The first-order valence-electron chi connectivity index (χ1n) is 3.93. The molecule has 0 amide bonds. The van der Waals surface area contributed by atoms with Crippen LogP contribution in [-0.2, 0) is 4.74 Å². The van der Waals surface area contributed by atoms with E-state index in [1.54, 1.807) is 0 Å². The summed E-state index contributed by atoms with van der Waals surface area (Å²) < 4.78 is 5.17. The second kappa shape index (κ2) is 4.69. The minimum absolute atomic E-state index is 0.108. The van der Waals surface area contributed by atoms with Gasteiger partial charge in [0, 0.05) is 0 Å². The van der Waals surface area contributed by atoms with E-state index in [2.05, 4.69) is 13.8 Å². The van der Waals surface area contributed by atoms with Crippen molar-refractivity contribution in [1.29, 1.82) is 0 Å². The fourth-order valence-electron chi connectivity index (χ4n) is 1.04. The minimum atomic E-state index is -0.162. The van der Waals surface area contributed by atoms with Crippen molar-refractivity contribution in [1.82, 2.24) is 0 Å². The molecule has 1 atom stereocenters. The van der Waals surface area contributed by atoms with Gasteiger partial charge in [0.25, 0.3) is 0 Å². The fraction of sp³-hybridized carbons (Fsp3) is 1.00. The molecule has 0 aliphatic rings. The number of rotatable bonds is 5. The van der Waals surface area contributed by atoms with Gasteiger partial charge in [0.2, 0.25) is 0 Å². The van der Waals surface area contributed by atoms with Crippen molar-refractivity contribution in [2.24, 2.45) is 0 Å². The highest BCUT2D eigenvalue weighted by molar-refractivity contribution is 4.71. The number of ether oxygens (including phenoxy) is 1. The number of aliphatic hydroxyl groups excluding tert-OH is 1. The molecule has 1 N–H and O–H groups in total. The third-order valence-electron chi connectivity index (χ3n) is 1.94. The summed E-state index contributed by atoms with van der Waals surface area (Å²) in [6.45, 7) is 6.07. The van der Waals surface area contributed by atoms with Crippen LogP contribution >= 0.6 is 0 Å². The van der Waals surface area contributed by atoms with E-state index in [-0.39, 0.29) is 12.4 Å². The summed E-state index contributed by atoms with van der Waals surface area (Å²) in [5, 5.41) is 8.54. The molecule has 1 unspecified atom stereocenters. The Kier molecular flexibility index (Phi) is 4.65. The molecule has 2 nitrogen and oxygen atoms in total. The normalized spacial score (nSPS) is 16.8. The zero-order valence-corrected chi connectivity index (χ0v) is 7.18. The van der Waals surface area contributed by atoms with Crippen molar-refractivity contribution in [2.75, 3.05) is 6.79 Å². The third-order valence-corrected chi connectivity index (χ3v) is 1.94. The Balaban J connectivity index is 3.69. The maximum absolute atomic E-state index is 8.54. The van der Waals surface area contributed by atoms with E-state index in [0.717, 1.165) is 19.3 Å². The lowest BCUT2D eigenvalue weighted by molar-refractivity contribution is -0.113. The van der Waals surface area contributed by atoms with Crippen molar-refractivity contribution < 1.29 is 9.84 Å². The van der Waals surface area contributed by atoms with Crippen LogP contribution in [0.4, 0.5) is 0 Å². The highest BCUT2D eigenvalue weighted by atomic mass is 16.6. The highest BCUT2D eigenvalue weighted by Crippen LogP contribution is 2.20. The molecule has 0 aromatic rings. The lowest BCUT2D eigenvalue weighted by Gasteiger charge is -2.26. The average Bonchev–Trinajstić information content (AvgIpc) is 1.89. The van der Waals surface area contributed by atoms with E-state index in [1.165, 1.54) is 0 Å². The molecule has 0 fully saturated rings. The summed E-state index contributed by atoms with van der Waals surface area (Å²) in [5.74, 6) is 0. The molecule has 0 heterocycles. The Morgan fingerprint density at radius 3 is 2.30 bits per heavy atom. The van der Waals surface area contributed by atoms with Gasteiger partial charge in [0.05, 0.1) is 5.60 Å². The van der Waals surface area contributed by atoms with Gasteiger partial charge in [-0.1, -0.05) is 20.3 Å². The Morgan fingerprint density at radius 1 is 1.40 bits per heavy atom. The van der Waals surface area contributed by atoms with E-state index in [4.69, 9.17) is 9.84 Å². The van der Waals surface area contributed by atoms with E-state index in [1.807, 2.05) is 6.92 Å². The SMILES string of the molecule is CCCC(C)(CC)OCO. The summed E-state index contributed by atoms with van der Waals surface area (Å²) in [6, 6.07) is 0. The smallest absolute Gasteiger partial charge is 0.144 e. The van der Waals surface area contributed by atoms with E-state index < -0.39 is 0 Å². The van der Waals surface area contributed by atoms with Gasteiger partial charge in [-0.15, -0.1) is 0 Å². The number of hydrogen-bond acceptors (Lipinski definition) is 2. The largest absolute Gasteiger partial charge is 0.371 e. The Morgan fingerprint density at radius 2 is 2.00 bits per heavy atom. The molecule has 0 rings (SSSR count). The zero-order valence-electron chi connectivity index (χ0n) is 7.18. The molecule has 0 aromatic heterocycles. The van der Waals surface area contributed by atoms with Crippen molar-refractivity contribution in [3.8, 4) is 0 Å².